The minimum absolute atomic E-state index is 0.0528. The molecular formula is C19H13BrF4N4O4. The molecule has 0 aliphatic heterocycles. The number of carbonyl (C=O) groups is 2. The van der Waals surface area contributed by atoms with Crippen LogP contribution in [0.3, 0.4) is 0 Å². The molecule has 3 rings (SSSR count). The number of carboxylic acid groups (broad SMARTS) is 1. The number of hydrogen-bond donors (Lipinski definition) is 3. The highest BCUT2D eigenvalue weighted by molar-refractivity contribution is 9.10. The molecule has 0 unspecified atom stereocenters. The lowest BCUT2D eigenvalue weighted by atomic mass is 10.1. The van der Waals surface area contributed by atoms with Gasteiger partial charge in [-0.25, -0.2) is 14.3 Å². The van der Waals surface area contributed by atoms with Gasteiger partial charge in [0.25, 0.3) is 11.5 Å². The molecule has 13 heteroatoms. The average Bonchev–Trinajstić information content (AvgIpc) is 2.75. The normalized spacial score (nSPS) is 10.7. The Hall–Kier alpha value is -3.61. The molecular weight excluding hydrogens is 504 g/mol. The minimum Gasteiger partial charge on any atom is -0.475 e. The van der Waals surface area contributed by atoms with E-state index in [1.165, 1.54) is 12.1 Å². The summed E-state index contributed by atoms with van der Waals surface area (Å²) >= 11 is 3.09. The number of benzene rings is 1. The molecule has 0 saturated heterocycles. The van der Waals surface area contributed by atoms with Crippen LogP contribution in [0, 0.1) is 5.82 Å². The first kappa shape index (κ1) is 24.7. The molecule has 1 aromatic carbocycles. The lowest BCUT2D eigenvalue weighted by Gasteiger charge is -2.07. The van der Waals surface area contributed by atoms with Crippen LogP contribution in [-0.2, 0) is 11.3 Å². The van der Waals surface area contributed by atoms with E-state index in [4.69, 9.17) is 9.90 Å². The van der Waals surface area contributed by atoms with Crippen LogP contribution < -0.4 is 10.9 Å². The Balaban J connectivity index is 0.000000451. The molecule has 168 valence electrons. The third-order valence-corrected chi connectivity index (χ3v) is 4.31. The third-order valence-electron chi connectivity index (χ3n) is 3.70. The van der Waals surface area contributed by atoms with E-state index in [0.29, 0.717) is 15.7 Å². The summed E-state index contributed by atoms with van der Waals surface area (Å²) in [4.78, 5) is 37.0. The van der Waals surface area contributed by atoms with Gasteiger partial charge in [-0.1, -0.05) is 6.07 Å². The Labute approximate surface area is 185 Å². The van der Waals surface area contributed by atoms with Crippen molar-refractivity contribution < 1.29 is 32.3 Å². The van der Waals surface area contributed by atoms with Gasteiger partial charge < -0.3 is 10.4 Å². The lowest BCUT2D eigenvalue weighted by molar-refractivity contribution is -0.192. The Bertz CT molecular complexity index is 1170. The number of amides is 1. The van der Waals surface area contributed by atoms with Crippen molar-refractivity contribution in [3.05, 3.63) is 80.6 Å². The zero-order valence-electron chi connectivity index (χ0n) is 15.8. The topological polar surface area (TPSA) is 125 Å². The summed E-state index contributed by atoms with van der Waals surface area (Å²) in [6, 6.07) is 9.28. The molecule has 0 saturated carbocycles. The van der Waals surface area contributed by atoms with Crippen LogP contribution in [0.25, 0.3) is 11.3 Å². The number of rotatable bonds is 4. The molecule has 8 nitrogen and oxygen atoms in total. The smallest absolute Gasteiger partial charge is 0.475 e. The number of aromatic nitrogens is 3. The Morgan fingerprint density at radius 3 is 2.31 bits per heavy atom. The quantitative estimate of drug-likeness (QED) is 0.457. The van der Waals surface area contributed by atoms with Gasteiger partial charge in [0.2, 0.25) is 0 Å². The summed E-state index contributed by atoms with van der Waals surface area (Å²) in [6.45, 7) is 0.157. The Kier molecular flexibility index (Phi) is 8.18. The van der Waals surface area contributed by atoms with Crippen LogP contribution in [-0.4, -0.2) is 38.3 Å². The zero-order chi connectivity index (χ0) is 23.9. The summed E-state index contributed by atoms with van der Waals surface area (Å²) in [6.07, 6.45) is -1.90. The summed E-state index contributed by atoms with van der Waals surface area (Å²) in [5.74, 6) is -3.69. The van der Waals surface area contributed by atoms with Crippen LogP contribution >= 0.6 is 15.9 Å². The first-order valence-corrected chi connectivity index (χ1v) is 9.30. The van der Waals surface area contributed by atoms with E-state index in [0.717, 1.165) is 5.56 Å². The largest absolute Gasteiger partial charge is 0.490 e. The summed E-state index contributed by atoms with van der Waals surface area (Å²) in [5, 5.41) is 16.0. The number of pyridine rings is 1. The summed E-state index contributed by atoms with van der Waals surface area (Å²) in [7, 11) is 0. The fraction of sp³-hybridized carbons (Fsp3) is 0.105. The monoisotopic (exact) mass is 516 g/mol. The highest BCUT2D eigenvalue weighted by atomic mass is 79.9. The molecule has 2 heterocycles. The maximum atomic E-state index is 13.2. The number of carbonyl (C=O) groups excluding carboxylic acids is 1. The van der Waals surface area contributed by atoms with Crippen LogP contribution in [0.4, 0.5) is 17.6 Å². The average molecular weight is 517 g/mol. The van der Waals surface area contributed by atoms with Crippen molar-refractivity contribution >= 4 is 27.8 Å². The molecule has 3 N–H and O–H groups in total. The number of nitrogens with zero attached hydrogens (tertiary/aromatic N) is 2. The number of H-pyrrole nitrogens is 1. The van der Waals surface area contributed by atoms with Crippen LogP contribution in [0.5, 0.6) is 0 Å². The lowest BCUT2D eigenvalue weighted by Crippen LogP contribution is -2.29. The second kappa shape index (κ2) is 10.6. The van der Waals surface area contributed by atoms with Gasteiger partial charge in [-0.2, -0.15) is 18.3 Å². The zero-order valence-corrected chi connectivity index (χ0v) is 17.4. The molecule has 1 amide bonds. The van der Waals surface area contributed by atoms with Crippen molar-refractivity contribution in [1.29, 1.82) is 0 Å². The van der Waals surface area contributed by atoms with Crippen LogP contribution in [0.1, 0.15) is 15.9 Å². The van der Waals surface area contributed by atoms with Gasteiger partial charge in [0.05, 0.1) is 10.2 Å². The molecule has 0 spiro atoms. The molecule has 0 aliphatic carbocycles. The van der Waals surface area contributed by atoms with Gasteiger partial charge in [-0.15, -0.1) is 0 Å². The van der Waals surface area contributed by atoms with Crippen molar-refractivity contribution in [2.75, 3.05) is 0 Å². The van der Waals surface area contributed by atoms with E-state index in [1.807, 2.05) is 0 Å². The van der Waals surface area contributed by atoms with E-state index < -0.39 is 23.6 Å². The molecule has 32 heavy (non-hydrogen) atoms. The number of alkyl halides is 3. The fourth-order valence-electron chi connectivity index (χ4n) is 2.17. The Morgan fingerprint density at radius 2 is 1.75 bits per heavy atom. The van der Waals surface area contributed by atoms with E-state index in [9.17, 15) is 27.2 Å². The highest BCUT2D eigenvalue weighted by Crippen LogP contribution is 2.17. The predicted molar refractivity (Wildman–Crippen MR) is 107 cm³/mol. The van der Waals surface area contributed by atoms with Crippen molar-refractivity contribution in [3.63, 3.8) is 0 Å². The molecule has 0 aliphatic rings. The van der Waals surface area contributed by atoms with Gasteiger partial charge in [0, 0.05) is 24.5 Å². The first-order valence-electron chi connectivity index (χ1n) is 8.51. The number of nitrogens with one attached hydrogen (secondary N) is 2. The maximum absolute atomic E-state index is 13.2. The highest BCUT2D eigenvalue weighted by Gasteiger charge is 2.38. The predicted octanol–water partition coefficient (Wildman–Crippen LogP) is 3.30. The number of hydrogen-bond acceptors (Lipinski definition) is 5. The number of halogens is 5. The molecule has 0 radical (unpaired) electrons. The van der Waals surface area contributed by atoms with Gasteiger partial charge in [-0.3, -0.25) is 14.6 Å². The summed E-state index contributed by atoms with van der Waals surface area (Å²) in [5.41, 5.74) is 1.24. The fourth-order valence-corrected chi connectivity index (χ4v) is 2.60. The van der Waals surface area contributed by atoms with Crippen molar-refractivity contribution in [3.8, 4) is 11.3 Å². The second-order valence-corrected chi connectivity index (χ2v) is 6.82. The van der Waals surface area contributed by atoms with E-state index in [2.05, 4.69) is 36.4 Å². The molecule has 3 aromatic rings. The Morgan fingerprint density at radius 1 is 1.12 bits per heavy atom. The summed E-state index contributed by atoms with van der Waals surface area (Å²) < 4.78 is 45.3. The third kappa shape index (κ3) is 6.97. The molecule has 0 bridgehead atoms. The molecule has 2 aromatic heterocycles. The number of aliphatic carboxylic acids is 1. The van der Waals surface area contributed by atoms with Gasteiger partial charge in [-0.05, 0) is 51.8 Å². The van der Waals surface area contributed by atoms with Crippen molar-refractivity contribution in [2.45, 2.75) is 12.7 Å². The van der Waals surface area contributed by atoms with Gasteiger partial charge >= 0.3 is 12.1 Å². The molecule has 0 fully saturated rings. The van der Waals surface area contributed by atoms with Crippen molar-refractivity contribution in [2.24, 2.45) is 0 Å². The molecule has 0 atom stereocenters. The van der Waals surface area contributed by atoms with E-state index in [1.54, 1.807) is 36.7 Å². The van der Waals surface area contributed by atoms with Gasteiger partial charge in [0.15, 0.2) is 0 Å². The van der Waals surface area contributed by atoms with E-state index in [-0.39, 0.29) is 17.9 Å². The van der Waals surface area contributed by atoms with E-state index >= 15 is 0 Å². The second-order valence-electron chi connectivity index (χ2n) is 5.97. The van der Waals surface area contributed by atoms with Crippen molar-refractivity contribution in [1.82, 2.24) is 20.5 Å². The van der Waals surface area contributed by atoms with Gasteiger partial charge in [0.1, 0.15) is 11.4 Å². The first-order chi connectivity index (χ1) is 15.0. The maximum Gasteiger partial charge on any atom is 0.490 e. The number of carboxylic acids is 1. The van der Waals surface area contributed by atoms with Crippen LogP contribution in [0.2, 0.25) is 0 Å². The standard InChI is InChI=1S/C17H12BrFN4O2.C2HF3O2/c18-13-7-10(1-2-14(13)19)9-21-16(24)12-8-15(22-23-17(12)25)11-3-5-20-6-4-11;3-2(4,5)1(6)7/h1-8H,9H2,(H,21,24)(H,23,25);(H,6,7). The number of aromatic amines is 1. The minimum atomic E-state index is -5.08. The SMILES string of the molecule is O=C(NCc1ccc(F)c(Br)c1)c1cc(-c2ccncc2)n[nH]c1=O.O=C(O)C(F)(F)F. The van der Waals surface area contributed by atoms with Crippen LogP contribution in [0.15, 0.2) is 58.1 Å².